The Kier molecular flexibility index (Phi) is 5.58. The first-order valence-electron chi connectivity index (χ1n) is 8.26. The van der Waals surface area contributed by atoms with Crippen LogP contribution in [0.15, 0.2) is 64.1 Å². The fourth-order valence-electron chi connectivity index (χ4n) is 2.47. The number of benzene rings is 2. The molecule has 3 rings (SSSR count). The Bertz CT molecular complexity index is 1060. The summed E-state index contributed by atoms with van der Waals surface area (Å²) < 4.78 is 48.9. The topological polar surface area (TPSA) is 84.1 Å². The molecule has 1 aromatic heterocycles. The molecule has 2 aromatic carbocycles. The zero-order valence-electron chi connectivity index (χ0n) is 15.0. The fraction of sp³-hybridized carbons (Fsp3) is 0.100. The third kappa shape index (κ3) is 4.75. The quantitative estimate of drug-likeness (QED) is 0.486. The molecule has 29 heavy (non-hydrogen) atoms. The van der Waals surface area contributed by atoms with Crippen LogP contribution in [0.4, 0.5) is 13.2 Å². The average molecular weight is 404 g/mol. The summed E-state index contributed by atoms with van der Waals surface area (Å²) in [5.41, 5.74) is 1.69. The smallest absolute Gasteiger partial charge is 0.416 e. The van der Waals surface area contributed by atoms with Gasteiger partial charge in [-0.15, -0.1) is 0 Å². The Balaban J connectivity index is 1.69. The van der Waals surface area contributed by atoms with Crippen LogP contribution in [0.5, 0.6) is 11.5 Å². The number of hydrogen-bond donors (Lipinski definition) is 2. The van der Waals surface area contributed by atoms with Crippen LogP contribution in [0.25, 0.3) is 11.3 Å². The van der Waals surface area contributed by atoms with Crippen LogP contribution in [0, 0.1) is 0 Å². The van der Waals surface area contributed by atoms with Gasteiger partial charge in [0.2, 0.25) is 0 Å². The number of amides is 1. The first-order chi connectivity index (χ1) is 13.8. The van der Waals surface area contributed by atoms with Crippen molar-refractivity contribution in [3.8, 4) is 22.8 Å². The molecule has 0 aliphatic rings. The second-order valence-electron chi connectivity index (χ2n) is 5.86. The van der Waals surface area contributed by atoms with E-state index in [0.29, 0.717) is 5.75 Å². The van der Waals surface area contributed by atoms with Gasteiger partial charge in [0, 0.05) is 11.6 Å². The van der Waals surface area contributed by atoms with E-state index in [1.54, 1.807) is 0 Å². The van der Waals surface area contributed by atoms with Crippen molar-refractivity contribution in [1.29, 1.82) is 0 Å². The number of rotatable bonds is 5. The summed E-state index contributed by atoms with van der Waals surface area (Å²) in [5.74, 6) is -0.110. The number of halogens is 3. The Morgan fingerprint density at radius 3 is 2.66 bits per heavy atom. The molecule has 0 bridgehead atoms. The molecule has 0 spiro atoms. The van der Waals surface area contributed by atoms with E-state index < -0.39 is 17.6 Å². The van der Waals surface area contributed by atoms with Crippen LogP contribution in [-0.4, -0.2) is 24.3 Å². The molecule has 0 saturated heterocycles. The maximum absolute atomic E-state index is 12.8. The number of alkyl halides is 3. The molecule has 0 aliphatic carbocycles. The number of nitrogens with one attached hydrogen (secondary N) is 1. The van der Waals surface area contributed by atoms with Crippen molar-refractivity contribution >= 4 is 12.1 Å². The number of phenols is 1. The van der Waals surface area contributed by atoms with E-state index >= 15 is 0 Å². The second kappa shape index (κ2) is 8.09. The number of carbonyl (C=O) groups excluding carboxylic acids is 1. The van der Waals surface area contributed by atoms with E-state index in [1.807, 2.05) is 0 Å². The van der Waals surface area contributed by atoms with Gasteiger partial charge in [0.15, 0.2) is 0 Å². The Hall–Kier alpha value is -3.75. The highest BCUT2D eigenvalue weighted by molar-refractivity contribution is 5.97. The summed E-state index contributed by atoms with van der Waals surface area (Å²) in [4.78, 5) is 12.1. The first-order valence-corrected chi connectivity index (χ1v) is 8.26. The second-order valence-corrected chi connectivity index (χ2v) is 5.86. The van der Waals surface area contributed by atoms with Crippen LogP contribution in [0.3, 0.4) is 0 Å². The highest BCUT2D eigenvalue weighted by Crippen LogP contribution is 2.32. The van der Waals surface area contributed by atoms with E-state index in [4.69, 9.17) is 9.15 Å². The summed E-state index contributed by atoms with van der Waals surface area (Å²) >= 11 is 0. The molecule has 0 radical (unpaired) electrons. The zero-order valence-corrected chi connectivity index (χ0v) is 15.0. The van der Waals surface area contributed by atoms with Gasteiger partial charge < -0.3 is 14.3 Å². The van der Waals surface area contributed by atoms with Crippen LogP contribution in [0.2, 0.25) is 0 Å². The molecule has 0 aliphatic heterocycles. The molecule has 0 saturated carbocycles. The predicted molar refractivity (Wildman–Crippen MR) is 98.9 cm³/mol. The van der Waals surface area contributed by atoms with Gasteiger partial charge in [0.25, 0.3) is 5.91 Å². The summed E-state index contributed by atoms with van der Waals surface area (Å²) in [5, 5.41) is 13.6. The number of nitrogens with zero attached hydrogens (tertiary/aromatic N) is 1. The Labute approximate surface area is 163 Å². The van der Waals surface area contributed by atoms with E-state index in [2.05, 4.69) is 10.5 Å². The van der Waals surface area contributed by atoms with E-state index in [9.17, 15) is 23.1 Å². The lowest BCUT2D eigenvalue weighted by atomic mass is 10.1. The lowest BCUT2D eigenvalue weighted by molar-refractivity contribution is -0.137. The lowest BCUT2D eigenvalue weighted by Gasteiger charge is -2.07. The Morgan fingerprint density at radius 2 is 1.97 bits per heavy atom. The highest BCUT2D eigenvalue weighted by Gasteiger charge is 2.30. The first kappa shape index (κ1) is 20.0. The monoisotopic (exact) mass is 404 g/mol. The number of ether oxygens (including phenoxy) is 1. The van der Waals surface area contributed by atoms with Gasteiger partial charge in [-0.2, -0.15) is 18.3 Å². The van der Waals surface area contributed by atoms with Crippen molar-refractivity contribution in [2.45, 2.75) is 6.18 Å². The molecule has 1 heterocycles. The van der Waals surface area contributed by atoms with E-state index in [0.717, 1.165) is 12.1 Å². The zero-order chi connectivity index (χ0) is 21.0. The molecule has 0 unspecified atom stereocenters. The van der Waals surface area contributed by atoms with Gasteiger partial charge in [-0.1, -0.05) is 12.1 Å². The number of carbonyl (C=O) groups is 1. The minimum absolute atomic E-state index is 0.00736. The normalized spacial score (nSPS) is 11.6. The maximum Gasteiger partial charge on any atom is 0.416 e. The number of furan rings is 1. The minimum atomic E-state index is -4.45. The third-order valence-electron chi connectivity index (χ3n) is 3.91. The number of methoxy groups -OCH3 is 1. The maximum atomic E-state index is 12.8. The van der Waals surface area contributed by atoms with Crippen molar-refractivity contribution in [3.05, 3.63) is 71.5 Å². The summed E-state index contributed by atoms with van der Waals surface area (Å²) in [6.45, 7) is 0. The number of aromatic hydroxyl groups is 1. The van der Waals surface area contributed by atoms with Gasteiger partial charge in [-0.3, -0.25) is 4.79 Å². The summed E-state index contributed by atoms with van der Waals surface area (Å²) in [6, 6.07) is 11.9. The van der Waals surface area contributed by atoms with Crippen LogP contribution < -0.4 is 10.2 Å². The van der Waals surface area contributed by atoms with Gasteiger partial charge in [0.1, 0.15) is 23.0 Å². The molecule has 9 heteroatoms. The molecule has 0 atom stereocenters. The SMILES string of the molecule is COc1ccc(C(=O)N/N=C\c2ccc(-c3cccc(C(F)(F)F)c3)o2)c(O)c1. The number of hydrazone groups is 1. The van der Waals surface area contributed by atoms with Gasteiger partial charge >= 0.3 is 6.18 Å². The van der Waals surface area contributed by atoms with Crippen LogP contribution in [-0.2, 0) is 6.18 Å². The van der Waals surface area contributed by atoms with Crippen molar-refractivity contribution < 1.29 is 32.2 Å². The molecule has 6 nitrogen and oxygen atoms in total. The van der Waals surface area contributed by atoms with Gasteiger partial charge in [0.05, 0.1) is 24.5 Å². The number of phenolic OH excluding ortho intramolecular Hbond substituents is 1. The molecular formula is C20H15F3N2O4. The molecule has 0 fully saturated rings. The molecule has 2 N–H and O–H groups in total. The average Bonchev–Trinajstić information content (AvgIpc) is 3.16. The van der Waals surface area contributed by atoms with Gasteiger partial charge in [-0.25, -0.2) is 5.43 Å². The number of hydrogen-bond acceptors (Lipinski definition) is 5. The van der Waals surface area contributed by atoms with Gasteiger partial charge in [-0.05, 0) is 36.4 Å². The minimum Gasteiger partial charge on any atom is -0.507 e. The van der Waals surface area contributed by atoms with Crippen molar-refractivity contribution in [1.82, 2.24) is 5.43 Å². The fourth-order valence-corrected chi connectivity index (χ4v) is 2.47. The summed E-state index contributed by atoms with van der Waals surface area (Å²) in [7, 11) is 1.43. The molecule has 150 valence electrons. The van der Waals surface area contributed by atoms with Crippen molar-refractivity contribution in [2.75, 3.05) is 7.11 Å². The largest absolute Gasteiger partial charge is 0.507 e. The highest BCUT2D eigenvalue weighted by atomic mass is 19.4. The van der Waals surface area contributed by atoms with Crippen LogP contribution in [0.1, 0.15) is 21.7 Å². The Morgan fingerprint density at radius 1 is 1.17 bits per heavy atom. The molecule has 1 amide bonds. The van der Waals surface area contributed by atoms with Crippen LogP contribution >= 0.6 is 0 Å². The predicted octanol–water partition coefficient (Wildman–Crippen LogP) is 4.44. The van der Waals surface area contributed by atoms with E-state index in [-0.39, 0.29) is 28.4 Å². The third-order valence-corrected chi connectivity index (χ3v) is 3.91. The van der Waals surface area contributed by atoms with Crippen molar-refractivity contribution in [3.63, 3.8) is 0 Å². The summed E-state index contributed by atoms with van der Waals surface area (Å²) in [6.07, 6.45) is -3.26. The van der Waals surface area contributed by atoms with E-state index in [1.165, 1.54) is 55.8 Å². The lowest BCUT2D eigenvalue weighted by Crippen LogP contribution is -2.17. The molecular weight excluding hydrogens is 389 g/mol. The molecule has 3 aromatic rings. The standard InChI is InChI=1S/C20H15F3N2O4/c1-28-14-5-7-16(17(26)10-14)19(27)25-24-11-15-6-8-18(29-15)12-3-2-4-13(9-12)20(21,22)23/h2-11,26H,1H3,(H,25,27)/b24-11-. The van der Waals surface area contributed by atoms with Crippen molar-refractivity contribution in [2.24, 2.45) is 5.10 Å².